The van der Waals surface area contributed by atoms with Crippen molar-refractivity contribution in [3.05, 3.63) is 69.2 Å². The van der Waals surface area contributed by atoms with Gasteiger partial charge in [-0.25, -0.2) is 9.37 Å². The quantitative estimate of drug-likeness (QED) is 0.171. The van der Waals surface area contributed by atoms with Gasteiger partial charge in [-0.2, -0.15) is 18.3 Å². The van der Waals surface area contributed by atoms with Crippen molar-refractivity contribution < 1.29 is 41.7 Å². The third kappa shape index (κ3) is 5.08. The molecule has 0 bridgehead atoms. The maximum Gasteiger partial charge on any atom is 0.424 e. The molecule has 2 aromatic carbocycles. The highest BCUT2D eigenvalue weighted by Gasteiger charge is 2.58. The molecular formula is C30H25Cl2F4N5O5. The number of aromatic nitrogens is 3. The highest BCUT2D eigenvalue weighted by atomic mass is 35.5. The molecule has 0 unspecified atom stereocenters. The minimum atomic E-state index is -5.45. The summed E-state index contributed by atoms with van der Waals surface area (Å²) >= 11 is 12.2. The lowest BCUT2D eigenvalue weighted by Crippen LogP contribution is -2.51. The summed E-state index contributed by atoms with van der Waals surface area (Å²) in [5.41, 5.74) is -1.92. The highest BCUT2D eigenvalue weighted by molar-refractivity contribution is 6.35. The number of aliphatic hydroxyl groups is 1. The fourth-order valence-corrected chi connectivity index (χ4v) is 5.69. The van der Waals surface area contributed by atoms with Gasteiger partial charge >= 0.3 is 6.18 Å². The van der Waals surface area contributed by atoms with Crippen LogP contribution in [-0.4, -0.2) is 58.1 Å². The normalized spacial score (nSPS) is 19.0. The van der Waals surface area contributed by atoms with E-state index in [1.165, 1.54) is 32.2 Å². The molecule has 1 fully saturated rings. The highest BCUT2D eigenvalue weighted by Crippen LogP contribution is 2.49. The predicted octanol–water partition coefficient (Wildman–Crippen LogP) is 5.20. The summed E-state index contributed by atoms with van der Waals surface area (Å²) in [5, 5.41) is 17.7. The van der Waals surface area contributed by atoms with Gasteiger partial charge in [-0.1, -0.05) is 23.2 Å². The molecule has 10 nitrogen and oxygen atoms in total. The van der Waals surface area contributed by atoms with Gasteiger partial charge in [-0.15, -0.1) is 0 Å². The molecular weight excluding hydrogens is 657 g/mol. The Kier molecular flexibility index (Phi) is 7.60. The van der Waals surface area contributed by atoms with Crippen molar-refractivity contribution in [2.45, 2.75) is 43.0 Å². The zero-order chi connectivity index (χ0) is 33.3. The van der Waals surface area contributed by atoms with Crippen LogP contribution in [0.5, 0.6) is 11.5 Å². The molecule has 2 atom stereocenters. The largest absolute Gasteiger partial charge is 0.494 e. The second-order valence-corrected chi connectivity index (χ2v) is 12.2. The Morgan fingerprint density at radius 2 is 1.91 bits per heavy atom. The number of alkyl halides is 3. The van der Waals surface area contributed by atoms with E-state index in [9.17, 15) is 27.9 Å². The predicted molar refractivity (Wildman–Crippen MR) is 159 cm³/mol. The van der Waals surface area contributed by atoms with E-state index >= 15 is 4.39 Å². The Morgan fingerprint density at radius 3 is 2.54 bits per heavy atom. The van der Waals surface area contributed by atoms with Crippen molar-refractivity contribution in [1.29, 1.82) is 0 Å². The number of ether oxygens (including phenoxy) is 2. The minimum Gasteiger partial charge on any atom is -0.494 e. The number of primary amides is 1. The molecule has 1 aliphatic carbocycles. The van der Waals surface area contributed by atoms with Gasteiger partial charge in [0.1, 0.15) is 34.7 Å². The number of rotatable bonds is 8. The number of halogens is 6. The lowest BCUT2D eigenvalue weighted by molar-refractivity contribution is -0.265. The number of nitrogens with zero attached hydrogens (tertiary/aromatic N) is 3. The molecule has 1 aliphatic heterocycles. The summed E-state index contributed by atoms with van der Waals surface area (Å²) in [6.45, 7) is -0.533. The van der Waals surface area contributed by atoms with E-state index in [4.69, 9.17) is 38.4 Å². The monoisotopic (exact) mass is 681 g/mol. The van der Waals surface area contributed by atoms with Crippen LogP contribution in [0.3, 0.4) is 0 Å². The third-order valence-corrected chi connectivity index (χ3v) is 8.90. The molecule has 3 heterocycles. The number of amides is 2. The number of nitrogens with two attached hydrogens (primary N) is 1. The van der Waals surface area contributed by atoms with Crippen LogP contribution >= 0.6 is 23.2 Å². The number of fused-ring (bicyclic) bond motifs is 2. The van der Waals surface area contributed by atoms with Gasteiger partial charge in [-0.3, -0.25) is 14.3 Å². The Bertz CT molecular complexity index is 1930. The average Bonchev–Trinajstić information content (AvgIpc) is 3.67. The van der Waals surface area contributed by atoms with Gasteiger partial charge in [0.05, 0.1) is 41.0 Å². The second-order valence-electron chi connectivity index (χ2n) is 11.4. The van der Waals surface area contributed by atoms with Crippen molar-refractivity contribution >= 4 is 45.9 Å². The summed E-state index contributed by atoms with van der Waals surface area (Å²) in [6.07, 6.45) is -1.85. The van der Waals surface area contributed by atoms with E-state index in [1.54, 1.807) is 10.9 Å². The lowest BCUT2D eigenvalue weighted by atomic mass is 9.81. The summed E-state index contributed by atoms with van der Waals surface area (Å²) < 4.78 is 72.5. The first-order chi connectivity index (χ1) is 21.6. The van der Waals surface area contributed by atoms with Gasteiger partial charge in [0.25, 0.3) is 5.91 Å². The van der Waals surface area contributed by atoms with Crippen LogP contribution in [0.15, 0.2) is 36.5 Å². The minimum absolute atomic E-state index is 0.0608. The Morgan fingerprint density at radius 1 is 1.22 bits per heavy atom. The van der Waals surface area contributed by atoms with E-state index in [-0.39, 0.29) is 33.7 Å². The Hall–Kier alpha value is -4.14. The van der Waals surface area contributed by atoms with Crippen molar-refractivity contribution in [3.8, 4) is 22.8 Å². The molecule has 0 radical (unpaired) electrons. The van der Waals surface area contributed by atoms with Crippen LogP contribution in [0.25, 0.3) is 22.2 Å². The second kappa shape index (κ2) is 11.0. The van der Waals surface area contributed by atoms with Crippen molar-refractivity contribution in [2.24, 2.45) is 5.73 Å². The van der Waals surface area contributed by atoms with Crippen LogP contribution in [0.2, 0.25) is 10.0 Å². The van der Waals surface area contributed by atoms with E-state index in [0.717, 1.165) is 25.0 Å². The van der Waals surface area contributed by atoms with E-state index in [1.807, 2.05) is 0 Å². The molecule has 4 N–H and O–H groups in total. The molecule has 6 rings (SSSR count). The smallest absolute Gasteiger partial charge is 0.424 e. The summed E-state index contributed by atoms with van der Waals surface area (Å²) in [7, 11) is 1.37. The Labute approximate surface area is 268 Å². The van der Waals surface area contributed by atoms with E-state index in [2.05, 4.69) is 15.4 Å². The molecule has 1 saturated carbocycles. The first-order valence-electron chi connectivity index (χ1n) is 13.9. The fraction of sp³-hybridized carbons (Fsp3) is 0.333. The lowest BCUT2D eigenvalue weighted by Gasteiger charge is -2.31. The van der Waals surface area contributed by atoms with Crippen molar-refractivity contribution in [3.63, 3.8) is 0 Å². The van der Waals surface area contributed by atoms with Crippen molar-refractivity contribution in [1.82, 2.24) is 20.1 Å². The molecule has 2 aromatic heterocycles. The number of carbonyl (C=O) groups excluding carboxylic acids is 2. The number of carbonyl (C=O) groups is 2. The van der Waals surface area contributed by atoms with Crippen LogP contribution < -0.4 is 20.5 Å². The molecule has 46 heavy (non-hydrogen) atoms. The van der Waals surface area contributed by atoms with Crippen molar-refractivity contribution in [2.75, 3.05) is 20.3 Å². The number of hydrogen-bond donors (Lipinski definition) is 3. The summed E-state index contributed by atoms with van der Waals surface area (Å²) in [5.74, 6) is -3.11. The van der Waals surface area contributed by atoms with Gasteiger partial charge < -0.3 is 25.6 Å². The maximum absolute atomic E-state index is 15.3. The molecule has 0 saturated heterocycles. The SMILES string of the molecule is COc1cc(C(=O)NC[C@](O)(c2cc3c(c(-c4c(Cl)ccc(Cl)c4F)n2)OC[C@]3(C)C(N)=O)C(F)(F)F)cc2cn(C3CC3)nc12. The maximum atomic E-state index is 15.3. The first kappa shape index (κ1) is 31.8. The average molecular weight is 682 g/mol. The number of methoxy groups -OCH3 is 1. The molecule has 2 amide bonds. The molecule has 16 heteroatoms. The van der Waals surface area contributed by atoms with Gasteiger partial charge in [0, 0.05) is 22.7 Å². The molecule has 4 aromatic rings. The molecule has 0 spiro atoms. The van der Waals surface area contributed by atoms with Gasteiger partial charge in [0.2, 0.25) is 11.5 Å². The molecule has 2 aliphatic rings. The van der Waals surface area contributed by atoms with Crippen LogP contribution in [0.4, 0.5) is 17.6 Å². The van der Waals surface area contributed by atoms with E-state index in [0.29, 0.717) is 10.9 Å². The van der Waals surface area contributed by atoms with E-state index < -0.39 is 69.9 Å². The fourth-order valence-electron chi connectivity index (χ4n) is 5.29. The topological polar surface area (TPSA) is 142 Å². The standard InChI is InChI=1S/C30H25Cl2F4N5O5/c1-28(27(37)43)12-46-25-16(28)9-20(39-24(25)21-17(31)5-6-18(32)22(21)33)29(44,30(34,35)36)11-38-26(42)13-7-14-10-41(15-3-4-15)40-23(14)19(8-13)45-2/h5-10,15,44H,3-4,11-12H2,1-2H3,(H2,37,43)(H,38,42)/t28-,29-/m0/s1. The third-order valence-electron chi connectivity index (χ3n) is 8.29. The van der Waals surface area contributed by atoms with Gasteiger partial charge in [0.15, 0.2) is 5.82 Å². The Balaban J connectivity index is 1.44. The summed E-state index contributed by atoms with van der Waals surface area (Å²) in [6, 6.07) is 6.11. The number of pyridine rings is 1. The zero-order valence-electron chi connectivity index (χ0n) is 24.1. The summed E-state index contributed by atoms with van der Waals surface area (Å²) in [4.78, 5) is 29.7. The number of benzene rings is 2. The first-order valence-corrected chi connectivity index (χ1v) is 14.6. The molecule has 242 valence electrons. The van der Waals surface area contributed by atoms with Gasteiger partial charge in [-0.05, 0) is 50.1 Å². The van der Waals surface area contributed by atoms with Crippen LogP contribution in [0.1, 0.15) is 47.4 Å². The zero-order valence-corrected chi connectivity index (χ0v) is 25.6. The van der Waals surface area contributed by atoms with Crippen LogP contribution in [0, 0.1) is 5.82 Å². The van der Waals surface area contributed by atoms with Crippen LogP contribution in [-0.2, 0) is 15.8 Å². The number of hydrogen-bond acceptors (Lipinski definition) is 7. The number of nitrogens with one attached hydrogen (secondary N) is 1.